The molecule has 1 aliphatic heterocycles. The van der Waals surface area contributed by atoms with Crippen LogP contribution >= 0.6 is 0 Å². The molecule has 82 valence electrons. The van der Waals surface area contributed by atoms with Crippen molar-refractivity contribution in [2.75, 3.05) is 19.6 Å². The van der Waals surface area contributed by atoms with Crippen LogP contribution in [0.25, 0.3) is 0 Å². The molecule has 1 aliphatic rings. The number of aryl methyl sites for hydroxylation is 1. The van der Waals surface area contributed by atoms with Gasteiger partial charge in [0.15, 0.2) is 0 Å². The van der Waals surface area contributed by atoms with Crippen LogP contribution in [-0.2, 0) is 6.42 Å². The van der Waals surface area contributed by atoms with E-state index in [2.05, 4.69) is 36.1 Å². The van der Waals surface area contributed by atoms with Crippen molar-refractivity contribution in [2.45, 2.75) is 25.9 Å². The van der Waals surface area contributed by atoms with Crippen LogP contribution in [0.3, 0.4) is 0 Å². The van der Waals surface area contributed by atoms with E-state index in [4.69, 9.17) is 0 Å². The third-order valence-corrected chi connectivity index (χ3v) is 3.05. The highest BCUT2D eigenvalue weighted by atomic mass is 19.1. The van der Waals surface area contributed by atoms with Gasteiger partial charge in [-0.1, -0.05) is 29.8 Å². The van der Waals surface area contributed by atoms with E-state index in [1.165, 1.54) is 11.1 Å². The molecule has 2 heteroatoms. The van der Waals surface area contributed by atoms with Crippen molar-refractivity contribution in [1.82, 2.24) is 4.90 Å². The van der Waals surface area contributed by atoms with Crippen molar-refractivity contribution in [1.29, 1.82) is 0 Å². The number of alkyl halides is 1. The zero-order chi connectivity index (χ0) is 10.7. The first-order chi connectivity index (χ1) is 7.24. The fourth-order valence-corrected chi connectivity index (χ4v) is 2.03. The van der Waals surface area contributed by atoms with E-state index in [1.807, 2.05) is 0 Å². The molecule has 2 rings (SSSR count). The standard InChI is InChI=1S/C13H18FN/c1-11-2-4-12(5-3-11)6-8-15-9-7-13(14)10-15/h2-5,13H,6-10H2,1H3/t13-/m0/s1. The maximum absolute atomic E-state index is 12.9. The Morgan fingerprint density at radius 2 is 2.07 bits per heavy atom. The van der Waals surface area contributed by atoms with Gasteiger partial charge in [0, 0.05) is 19.6 Å². The van der Waals surface area contributed by atoms with Crippen LogP contribution in [-0.4, -0.2) is 30.7 Å². The molecule has 1 aromatic carbocycles. The van der Waals surface area contributed by atoms with Crippen molar-refractivity contribution >= 4 is 0 Å². The average molecular weight is 207 g/mol. The summed E-state index contributed by atoms with van der Waals surface area (Å²) in [5.41, 5.74) is 2.65. The van der Waals surface area contributed by atoms with E-state index < -0.39 is 6.17 Å². The minimum absolute atomic E-state index is 0.594. The molecule has 0 aromatic heterocycles. The number of likely N-dealkylation sites (tertiary alicyclic amines) is 1. The fourth-order valence-electron chi connectivity index (χ4n) is 2.03. The van der Waals surface area contributed by atoms with Gasteiger partial charge in [-0.05, 0) is 25.3 Å². The van der Waals surface area contributed by atoms with E-state index in [0.717, 1.165) is 19.5 Å². The molecule has 0 unspecified atom stereocenters. The van der Waals surface area contributed by atoms with Crippen LogP contribution in [0.15, 0.2) is 24.3 Å². The summed E-state index contributed by atoms with van der Waals surface area (Å²) < 4.78 is 12.9. The average Bonchev–Trinajstić information content (AvgIpc) is 2.64. The molecule has 1 atom stereocenters. The molecule has 1 fully saturated rings. The molecule has 1 nitrogen and oxygen atoms in total. The molecule has 0 N–H and O–H groups in total. The molecule has 1 saturated heterocycles. The molecule has 0 spiro atoms. The second-order valence-corrected chi connectivity index (χ2v) is 4.42. The second kappa shape index (κ2) is 4.75. The normalized spacial score (nSPS) is 22.1. The zero-order valence-electron chi connectivity index (χ0n) is 9.25. The molecule has 1 aromatic rings. The first-order valence-electron chi connectivity index (χ1n) is 5.66. The molecule has 0 aliphatic carbocycles. The van der Waals surface area contributed by atoms with Gasteiger partial charge in [-0.3, -0.25) is 0 Å². The van der Waals surface area contributed by atoms with Gasteiger partial charge in [0.1, 0.15) is 6.17 Å². The zero-order valence-corrected chi connectivity index (χ0v) is 9.25. The number of nitrogens with zero attached hydrogens (tertiary/aromatic N) is 1. The highest BCUT2D eigenvalue weighted by Crippen LogP contribution is 2.13. The predicted molar refractivity (Wildman–Crippen MR) is 60.8 cm³/mol. The lowest BCUT2D eigenvalue weighted by Crippen LogP contribution is -2.23. The van der Waals surface area contributed by atoms with Crippen molar-refractivity contribution in [3.05, 3.63) is 35.4 Å². The Kier molecular flexibility index (Phi) is 3.37. The molecule has 0 amide bonds. The van der Waals surface area contributed by atoms with E-state index in [1.54, 1.807) is 0 Å². The molecule has 0 bridgehead atoms. The van der Waals surface area contributed by atoms with Crippen molar-refractivity contribution < 1.29 is 4.39 Å². The first-order valence-corrected chi connectivity index (χ1v) is 5.66. The summed E-state index contributed by atoms with van der Waals surface area (Å²) in [5.74, 6) is 0. The van der Waals surface area contributed by atoms with Crippen molar-refractivity contribution in [3.8, 4) is 0 Å². The van der Waals surface area contributed by atoms with E-state index >= 15 is 0 Å². The quantitative estimate of drug-likeness (QED) is 0.736. The molecule has 15 heavy (non-hydrogen) atoms. The lowest BCUT2D eigenvalue weighted by molar-refractivity contribution is 0.290. The highest BCUT2D eigenvalue weighted by Gasteiger charge is 2.20. The number of hydrogen-bond acceptors (Lipinski definition) is 1. The van der Waals surface area contributed by atoms with E-state index in [-0.39, 0.29) is 0 Å². The van der Waals surface area contributed by atoms with Crippen LogP contribution < -0.4 is 0 Å². The van der Waals surface area contributed by atoms with Gasteiger partial charge in [-0.2, -0.15) is 0 Å². The van der Waals surface area contributed by atoms with E-state index in [9.17, 15) is 4.39 Å². The summed E-state index contributed by atoms with van der Waals surface area (Å²) in [6.45, 7) is 4.64. The largest absolute Gasteiger partial charge is 0.300 e. The second-order valence-electron chi connectivity index (χ2n) is 4.42. The number of rotatable bonds is 3. The van der Waals surface area contributed by atoms with E-state index in [0.29, 0.717) is 13.0 Å². The monoisotopic (exact) mass is 207 g/mol. The highest BCUT2D eigenvalue weighted by molar-refractivity contribution is 5.21. The fraction of sp³-hybridized carbons (Fsp3) is 0.538. The maximum Gasteiger partial charge on any atom is 0.114 e. The summed E-state index contributed by atoms with van der Waals surface area (Å²) >= 11 is 0. The van der Waals surface area contributed by atoms with Gasteiger partial charge in [0.05, 0.1) is 0 Å². The number of hydrogen-bond donors (Lipinski definition) is 0. The summed E-state index contributed by atoms with van der Waals surface area (Å²) in [4.78, 5) is 2.21. The van der Waals surface area contributed by atoms with Gasteiger partial charge in [0.2, 0.25) is 0 Å². The van der Waals surface area contributed by atoms with Crippen LogP contribution in [0.4, 0.5) is 4.39 Å². The minimum atomic E-state index is -0.594. The minimum Gasteiger partial charge on any atom is -0.300 e. The van der Waals surface area contributed by atoms with Gasteiger partial charge < -0.3 is 4.90 Å². The molecule has 0 saturated carbocycles. The van der Waals surface area contributed by atoms with Crippen molar-refractivity contribution in [3.63, 3.8) is 0 Å². The van der Waals surface area contributed by atoms with Gasteiger partial charge >= 0.3 is 0 Å². The summed E-state index contributed by atoms with van der Waals surface area (Å²) in [6, 6.07) is 8.60. The smallest absolute Gasteiger partial charge is 0.114 e. The van der Waals surface area contributed by atoms with Crippen LogP contribution in [0.1, 0.15) is 17.5 Å². The molecule has 1 heterocycles. The Balaban J connectivity index is 1.80. The van der Waals surface area contributed by atoms with Crippen LogP contribution in [0.2, 0.25) is 0 Å². The molecular formula is C13H18FN. The SMILES string of the molecule is Cc1ccc(CCN2CC[C@H](F)C2)cc1. The number of halogens is 1. The Bertz CT molecular complexity index is 307. The van der Waals surface area contributed by atoms with Gasteiger partial charge in [-0.25, -0.2) is 4.39 Å². The summed E-state index contributed by atoms with van der Waals surface area (Å²) in [5, 5.41) is 0. The number of benzene rings is 1. The van der Waals surface area contributed by atoms with Crippen LogP contribution in [0.5, 0.6) is 0 Å². The Hall–Kier alpha value is -0.890. The Morgan fingerprint density at radius 3 is 2.67 bits per heavy atom. The molecule has 0 radical (unpaired) electrons. The summed E-state index contributed by atoms with van der Waals surface area (Å²) in [7, 11) is 0. The first kappa shape index (κ1) is 10.6. The van der Waals surface area contributed by atoms with Gasteiger partial charge in [-0.15, -0.1) is 0 Å². The summed E-state index contributed by atoms with van der Waals surface area (Å²) in [6.07, 6.45) is 1.16. The Labute approximate surface area is 90.9 Å². The Morgan fingerprint density at radius 1 is 1.33 bits per heavy atom. The maximum atomic E-state index is 12.9. The third-order valence-electron chi connectivity index (χ3n) is 3.05. The van der Waals surface area contributed by atoms with Crippen LogP contribution in [0, 0.1) is 6.92 Å². The topological polar surface area (TPSA) is 3.24 Å². The predicted octanol–water partition coefficient (Wildman–Crippen LogP) is 2.58. The van der Waals surface area contributed by atoms with Crippen molar-refractivity contribution in [2.24, 2.45) is 0 Å². The lowest BCUT2D eigenvalue weighted by Gasteiger charge is -2.14. The molecular weight excluding hydrogens is 189 g/mol. The third kappa shape index (κ3) is 3.03. The lowest BCUT2D eigenvalue weighted by atomic mass is 10.1. The van der Waals surface area contributed by atoms with Gasteiger partial charge in [0.25, 0.3) is 0 Å².